The normalized spacial score (nSPS) is 24.3. The molecule has 1 saturated heterocycles. The minimum absolute atomic E-state index is 0.251. The van der Waals surface area contributed by atoms with Gasteiger partial charge in [-0.05, 0) is 24.0 Å². The van der Waals surface area contributed by atoms with Gasteiger partial charge in [0.15, 0.2) is 0 Å². The van der Waals surface area contributed by atoms with Gasteiger partial charge in [-0.2, -0.15) is 0 Å². The molecule has 2 nitrogen and oxygen atoms in total. The maximum Gasteiger partial charge on any atom is 0.0465 e. The van der Waals surface area contributed by atoms with Gasteiger partial charge in [0, 0.05) is 47.3 Å². The molecule has 0 aliphatic carbocycles. The van der Waals surface area contributed by atoms with E-state index < -0.39 is 0 Å². The third kappa shape index (κ3) is 4.13. The summed E-state index contributed by atoms with van der Waals surface area (Å²) in [5.41, 5.74) is 1.30. The number of benzene rings is 1. The van der Waals surface area contributed by atoms with Gasteiger partial charge in [0.05, 0.1) is 0 Å². The van der Waals surface area contributed by atoms with Gasteiger partial charge in [-0.1, -0.05) is 57.0 Å². The molecule has 4 heteroatoms. The van der Waals surface area contributed by atoms with E-state index in [1.54, 1.807) is 0 Å². The van der Waals surface area contributed by atoms with Crippen molar-refractivity contribution in [2.75, 3.05) is 13.1 Å². The SMILES string of the molecule is CCC1CNC(C(C)(C)C)CN1Cc1c(Cl)cccc1Cl. The highest BCUT2D eigenvalue weighted by molar-refractivity contribution is 6.35. The molecular formula is C17H26Cl2N2. The maximum absolute atomic E-state index is 6.34. The molecule has 2 rings (SSSR count). The molecule has 0 aromatic heterocycles. The van der Waals surface area contributed by atoms with E-state index in [1.807, 2.05) is 18.2 Å². The zero-order valence-corrected chi connectivity index (χ0v) is 14.9. The smallest absolute Gasteiger partial charge is 0.0465 e. The molecule has 2 atom stereocenters. The minimum Gasteiger partial charge on any atom is -0.311 e. The van der Waals surface area contributed by atoms with Gasteiger partial charge in [-0.15, -0.1) is 0 Å². The summed E-state index contributed by atoms with van der Waals surface area (Å²) in [6.45, 7) is 12.0. The van der Waals surface area contributed by atoms with E-state index in [2.05, 4.69) is 37.9 Å². The van der Waals surface area contributed by atoms with E-state index in [-0.39, 0.29) is 5.41 Å². The number of piperazine rings is 1. The van der Waals surface area contributed by atoms with Crippen LogP contribution in [0.15, 0.2) is 18.2 Å². The predicted octanol–water partition coefficient (Wildman–Crippen LogP) is 4.59. The standard InChI is InChI=1S/C17H26Cl2N2/c1-5-12-9-20-16(17(2,3)4)11-21(12)10-13-14(18)7-6-8-15(13)19/h6-8,12,16,20H,5,9-11H2,1-4H3. The molecule has 2 unspecified atom stereocenters. The summed E-state index contributed by atoms with van der Waals surface area (Å²) in [6, 6.07) is 6.78. The van der Waals surface area contributed by atoms with E-state index in [0.717, 1.165) is 41.7 Å². The zero-order chi connectivity index (χ0) is 15.6. The number of hydrogen-bond donors (Lipinski definition) is 1. The van der Waals surface area contributed by atoms with Crippen LogP contribution in [-0.4, -0.2) is 30.1 Å². The van der Waals surface area contributed by atoms with Crippen molar-refractivity contribution in [1.82, 2.24) is 10.2 Å². The summed E-state index contributed by atoms with van der Waals surface area (Å²) >= 11 is 12.7. The Kier molecular flexibility index (Phi) is 5.59. The third-order valence-corrected chi connectivity index (χ3v) is 5.18. The molecule has 1 aromatic rings. The van der Waals surface area contributed by atoms with E-state index in [0.29, 0.717) is 12.1 Å². The Hall–Kier alpha value is -0.280. The predicted molar refractivity (Wildman–Crippen MR) is 92.2 cm³/mol. The Labute approximate surface area is 138 Å². The second-order valence-corrected chi connectivity index (χ2v) is 7.83. The second-order valence-electron chi connectivity index (χ2n) is 7.02. The van der Waals surface area contributed by atoms with E-state index in [9.17, 15) is 0 Å². The molecule has 0 saturated carbocycles. The van der Waals surface area contributed by atoms with Crippen LogP contribution in [0.3, 0.4) is 0 Å². The van der Waals surface area contributed by atoms with Crippen LogP contribution in [-0.2, 0) is 6.54 Å². The van der Waals surface area contributed by atoms with Gasteiger partial charge in [-0.3, -0.25) is 4.90 Å². The summed E-state index contributed by atoms with van der Waals surface area (Å²) < 4.78 is 0. The lowest BCUT2D eigenvalue weighted by atomic mass is 9.84. The number of nitrogens with one attached hydrogen (secondary N) is 1. The van der Waals surface area contributed by atoms with Gasteiger partial charge in [0.1, 0.15) is 0 Å². The number of rotatable bonds is 3. The monoisotopic (exact) mass is 328 g/mol. The van der Waals surface area contributed by atoms with Crippen molar-refractivity contribution in [1.29, 1.82) is 0 Å². The Morgan fingerprint density at radius 2 is 1.86 bits per heavy atom. The van der Waals surface area contributed by atoms with Crippen molar-refractivity contribution >= 4 is 23.2 Å². The lowest BCUT2D eigenvalue weighted by molar-refractivity contribution is 0.0775. The quantitative estimate of drug-likeness (QED) is 0.872. The van der Waals surface area contributed by atoms with E-state index in [1.165, 1.54) is 0 Å². The van der Waals surface area contributed by atoms with Gasteiger partial charge in [-0.25, -0.2) is 0 Å². The van der Waals surface area contributed by atoms with Crippen molar-refractivity contribution in [3.05, 3.63) is 33.8 Å². The van der Waals surface area contributed by atoms with Gasteiger partial charge in [0.2, 0.25) is 0 Å². The molecule has 1 N–H and O–H groups in total. The van der Waals surface area contributed by atoms with Crippen LogP contribution in [0.1, 0.15) is 39.7 Å². The van der Waals surface area contributed by atoms with Gasteiger partial charge < -0.3 is 5.32 Å². The molecule has 0 amide bonds. The maximum atomic E-state index is 6.34. The van der Waals surface area contributed by atoms with Crippen molar-refractivity contribution in [3.63, 3.8) is 0 Å². The van der Waals surface area contributed by atoms with E-state index >= 15 is 0 Å². The Balaban J connectivity index is 2.18. The lowest BCUT2D eigenvalue weighted by Gasteiger charge is -2.45. The summed E-state index contributed by atoms with van der Waals surface area (Å²) in [7, 11) is 0. The van der Waals surface area contributed by atoms with Crippen LogP contribution < -0.4 is 5.32 Å². The fourth-order valence-corrected chi connectivity index (χ4v) is 3.44. The fraction of sp³-hybridized carbons (Fsp3) is 0.647. The first kappa shape index (κ1) is 17.1. The van der Waals surface area contributed by atoms with Gasteiger partial charge in [0.25, 0.3) is 0 Å². The molecule has 1 aliphatic rings. The largest absolute Gasteiger partial charge is 0.311 e. The number of nitrogens with zero attached hydrogens (tertiary/aromatic N) is 1. The fourth-order valence-electron chi connectivity index (χ4n) is 2.92. The molecular weight excluding hydrogens is 303 g/mol. The third-order valence-electron chi connectivity index (χ3n) is 4.47. The molecule has 21 heavy (non-hydrogen) atoms. The molecule has 0 spiro atoms. The van der Waals surface area contributed by atoms with Crippen LogP contribution in [0, 0.1) is 5.41 Å². The highest BCUT2D eigenvalue weighted by Gasteiger charge is 2.33. The average Bonchev–Trinajstić information content (AvgIpc) is 2.42. The van der Waals surface area contributed by atoms with Crippen molar-refractivity contribution in [3.8, 4) is 0 Å². The molecule has 1 heterocycles. The minimum atomic E-state index is 0.251. The Bertz CT molecular complexity index is 462. The lowest BCUT2D eigenvalue weighted by Crippen LogP contribution is -2.59. The van der Waals surface area contributed by atoms with Crippen LogP contribution >= 0.6 is 23.2 Å². The summed E-state index contributed by atoms with van der Waals surface area (Å²) in [4.78, 5) is 2.53. The van der Waals surface area contributed by atoms with Gasteiger partial charge >= 0.3 is 0 Å². The second kappa shape index (κ2) is 6.87. The van der Waals surface area contributed by atoms with Crippen LogP contribution in [0.4, 0.5) is 0 Å². The van der Waals surface area contributed by atoms with Crippen molar-refractivity contribution in [2.24, 2.45) is 5.41 Å². The summed E-state index contributed by atoms with van der Waals surface area (Å²) in [5.74, 6) is 0. The summed E-state index contributed by atoms with van der Waals surface area (Å²) in [6.07, 6.45) is 1.13. The van der Waals surface area contributed by atoms with Crippen molar-refractivity contribution in [2.45, 2.75) is 52.7 Å². The van der Waals surface area contributed by atoms with Crippen molar-refractivity contribution < 1.29 is 0 Å². The molecule has 1 aliphatic heterocycles. The van der Waals surface area contributed by atoms with Crippen LogP contribution in [0.25, 0.3) is 0 Å². The Morgan fingerprint density at radius 3 is 2.38 bits per heavy atom. The first-order valence-electron chi connectivity index (χ1n) is 7.73. The molecule has 118 valence electrons. The molecule has 0 bridgehead atoms. The highest BCUT2D eigenvalue weighted by Crippen LogP contribution is 2.29. The highest BCUT2D eigenvalue weighted by atomic mass is 35.5. The average molecular weight is 329 g/mol. The van der Waals surface area contributed by atoms with Crippen LogP contribution in [0.2, 0.25) is 10.0 Å². The molecule has 1 fully saturated rings. The first-order chi connectivity index (χ1) is 9.82. The zero-order valence-electron chi connectivity index (χ0n) is 13.4. The van der Waals surface area contributed by atoms with Crippen LogP contribution in [0.5, 0.6) is 0 Å². The topological polar surface area (TPSA) is 15.3 Å². The number of halogens is 2. The summed E-state index contributed by atoms with van der Waals surface area (Å²) in [5, 5.41) is 5.23. The number of hydrogen-bond acceptors (Lipinski definition) is 2. The molecule has 0 radical (unpaired) electrons. The van der Waals surface area contributed by atoms with E-state index in [4.69, 9.17) is 23.2 Å². The Morgan fingerprint density at radius 1 is 1.24 bits per heavy atom. The first-order valence-corrected chi connectivity index (χ1v) is 8.48. The molecule has 1 aromatic carbocycles.